The zero-order valence-electron chi connectivity index (χ0n) is 19.3. The van der Waals surface area contributed by atoms with E-state index in [2.05, 4.69) is 58.9 Å². The Bertz CT molecular complexity index is 772. The van der Waals surface area contributed by atoms with Crippen molar-refractivity contribution in [1.82, 2.24) is 0 Å². The highest BCUT2D eigenvalue weighted by Gasteiger charge is 2.05. The van der Waals surface area contributed by atoms with Gasteiger partial charge in [-0.1, -0.05) is 46.6 Å². The van der Waals surface area contributed by atoms with Crippen LogP contribution in [-0.2, 0) is 6.42 Å². The summed E-state index contributed by atoms with van der Waals surface area (Å²) in [5.74, 6) is 0.493. The van der Waals surface area contributed by atoms with Gasteiger partial charge in [0.15, 0.2) is 0 Å². The maximum Gasteiger partial charge on any atom is 0.122 e. The van der Waals surface area contributed by atoms with Gasteiger partial charge in [-0.15, -0.1) is 0 Å². The fourth-order valence-electron chi connectivity index (χ4n) is 3.26. The first kappa shape index (κ1) is 24.8. The van der Waals surface area contributed by atoms with Crippen LogP contribution in [0.4, 0.5) is 0 Å². The molecule has 1 rings (SSSR count). The molecule has 0 heterocycles. The van der Waals surface area contributed by atoms with Crippen LogP contribution in [0.3, 0.4) is 0 Å². The second-order valence-corrected chi connectivity index (χ2v) is 8.52. The van der Waals surface area contributed by atoms with Crippen molar-refractivity contribution in [2.24, 2.45) is 0 Å². The van der Waals surface area contributed by atoms with E-state index in [4.69, 9.17) is 0 Å². The van der Waals surface area contributed by atoms with Crippen LogP contribution in [0.2, 0.25) is 0 Å². The van der Waals surface area contributed by atoms with Crippen molar-refractivity contribution in [3.05, 3.63) is 69.9 Å². The lowest BCUT2D eigenvalue weighted by atomic mass is 10.0. The summed E-state index contributed by atoms with van der Waals surface area (Å²) >= 11 is 0. The van der Waals surface area contributed by atoms with Crippen LogP contribution >= 0.6 is 0 Å². The van der Waals surface area contributed by atoms with Gasteiger partial charge in [-0.3, -0.25) is 0 Å². The zero-order chi connectivity index (χ0) is 21.8. The van der Waals surface area contributed by atoms with Crippen molar-refractivity contribution in [1.29, 1.82) is 0 Å². The minimum absolute atomic E-state index is 0.209. The average Bonchev–Trinajstić information content (AvgIpc) is 2.63. The summed E-state index contributed by atoms with van der Waals surface area (Å²) in [4.78, 5) is 0. The minimum Gasteiger partial charge on any atom is -0.508 e. The lowest BCUT2D eigenvalue weighted by molar-refractivity contribution is 0.451. The van der Waals surface area contributed by atoms with Gasteiger partial charge in [-0.05, 0) is 104 Å². The molecule has 0 aliphatic rings. The van der Waals surface area contributed by atoms with E-state index in [9.17, 15) is 10.2 Å². The zero-order valence-corrected chi connectivity index (χ0v) is 19.3. The predicted octanol–water partition coefficient (Wildman–Crippen LogP) is 8.09. The van der Waals surface area contributed by atoms with Crippen molar-refractivity contribution in [3.63, 3.8) is 0 Å². The smallest absolute Gasteiger partial charge is 0.122 e. The van der Waals surface area contributed by atoms with E-state index in [1.54, 1.807) is 12.1 Å². The van der Waals surface area contributed by atoms with Crippen molar-refractivity contribution < 1.29 is 10.2 Å². The fraction of sp³-hybridized carbons (Fsp3) is 0.481. The number of rotatable bonds is 11. The molecule has 0 aliphatic heterocycles. The van der Waals surface area contributed by atoms with E-state index >= 15 is 0 Å². The summed E-state index contributed by atoms with van der Waals surface area (Å²) in [7, 11) is 0. The van der Waals surface area contributed by atoms with Crippen LogP contribution in [-0.4, -0.2) is 10.2 Å². The minimum atomic E-state index is 0.209. The monoisotopic (exact) mass is 396 g/mol. The molecule has 0 spiro atoms. The summed E-state index contributed by atoms with van der Waals surface area (Å²) in [5, 5.41) is 19.8. The number of aromatic hydroxyl groups is 2. The summed E-state index contributed by atoms with van der Waals surface area (Å²) in [5.41, 5.74) is 7.14. The summed E-state index contributed by atoms with van der Waals surface area (Å²) in [6.45, 7) is 12.7. The van der Waals surface area contributed by atoms with Gasteiger partial charge in [0, 0.05) is 5.56 Å². The first-order valence-electron chi connectivity index (χ1n) is 10.8. The predicted molar refractivity (Wildman–Crippen MR) is 127 cm³/mol. The Kier molecular flexibility index (Phi) is 11.2. The standard InChI is InChI=1S/C27H40O2/c1-20(2)10-7-11-21(3)12-8-13-22(4)14-9-15-23(5)16-17-25-19-26(28)18-24(6)27(25)29/h10,12,14,16,18-19,28-29H,7-9,11,13,15,17H2,1-6H3/b21-12+,22-14+,23-16+. The lowest BCUT2D eigenvalue weighted by Crippen LogP contribution is -1.88. The average molecular weight is 397 g/mol. The van der Waals surface area contributed by atoms with Crippen LogP contribution in [0.15, 0.2) is 58.7 Å². The molecular weight excluding hydrogens is 356 g/mol. The number of hydrogen-bond acceptors (Lipinski definition) is 2. The van der Waals surface area contributed by atoms with E-state index < -0.39 is 0 Å². The topological polar surface area (TPSA) is 40.5 Å². The van der Waals surface area contributed by atoms with Gasteiger partial charge in [-0.2, -0.15) is 0 Å². The highest BCUT2D eigenvalue weighted by atomic mass is 16.3. The van der Waals surface area contributed by atoms with Gasteiger partial charge in [0.1, 0.15) is 11.5 Å². The Morgan fingerprint density at radius 2 is 1.21 bits per heavy atom. The summed E-state index contributed by atoms with van der Waals surface area (Å²) in [6.07, 6.45) is 16.4. The van der Waals surface area contributed by atoms with Crippen molar-refractivity contribution in [2.75, 3.05) is 0 Å². The first-order valence-corrected chi connectivity index (χ1v) is 10.8. The van der Waals surface area contributed by atoms with Crippen LogP contribution in [0.1, 0.15) is 84.3 Å². The molecule has 0 fully saturated rings. The number of phenols is 2. The molecule has 29 heavy (non-hydrogen) atoms. The molecule has 1 aromatic rings. The number of aryl methyl sites for hydroxylation is 1. The third-order valence-electron chi connectivity index (χ3n) is 5.19. The summed E-state index contributed by atoms with van der Waals surface area (Å²) in [6, 6.07) is 3.23. The third kappa shape index (κ3) is 10.8. The van der Waals surface area contributed by atoms with Crippen LogP contribution in [0.25, 0.3) is 0 Å². The van der Waals surface area contributed by atoms with Crippen LogP contribution < -0.4 is 0 Å². The lowest BCUT2D eigenvalue weighted by Gasteiger charge is -2.07. The Hall–Kier alpha value is -2.22. The molecule has 160 valence electrons. The highest BCUT2D eigenvalue weighted by Crippen LogP contribution is 2.28. The fourth-order valence-corrected chi connectivity index (χ4v) is 3.26. The Morgan fingerprint density at radius 3 is 1.72 bits per heavy atom. The van der Waals surface area contributed by atoms with Crippen molar-refractivity contribution in [3.8, 4) is 11.5 Å². The maximum absolute atomic E-state index is 10.1. The molecule has 2 N–H and O–H groups in total. The number of benzene rings is 1. The van der Waals surface area contributed by atoms with Crippen molar-refractivity contribution >= 4 is 0 Å². The van der Waals surface area contributed by atoms with Crippen LogP contribution in [0.5, 0.6) is 11.5 Å². The van der Waals surface area contributed by atoms with Gasteiger partial charge in [-0.25, -0.2) is 0 Å². The normalized spacial score (nSPS) is 13.0. The molecule has 0 aromatic heterocycles. The van der Waals surface area contributed by atoms with E-state index in [0.717, 1.165) is 44.1 Å². The molecule has 0 saturated heterocycles. The van der Waals surface area contributed by atoms with E-state index in [1.165, 1.54) is 22.3 Å². The first-order chi connectivity index (χ1) is 13.7. The van der Waals surface area contributed by atoms with Gasteiger partial charge in [0.2, 0.25) is 0 Å². The van der Waals surface area contributed by atoms with Crippen molar-refractivity contribution in [2.45, 2.75) is 86.5 Å². The SMILES string of the molecule is CC(C)=CCC/C(C)=C/CC/C(C)=C/CC/C(C)=C/Cc1cc(O)cc(C)c1O. The summed E-state index contributed by atoms with van der Waals surface area (Å²) < 4.78 is 0. The molecule has 2 nitrogen and oxygen atoms in total. The largest absolute Gasteiger partial charge is 0.508 e. The molecule has 2 heteroatoms. The highest BCUT2D eigenvalue weighted by molar-refractivity contribution is 5.46. The van der Waals surface area contributed by atoms with E-state index in [1.807, 2.05) is 6.92 Å². The molecule has 0 saturated carbocycles. The molecule has 0 radical (unpaired) electrons. The van der Waals surface area contributed by atoms with Gasteiger partial charge in [0.05, 0.1) is 0 Å². The molecule has 0 unspecified atom stereocenters. The molecular formula is C27H40O2. The molecule has 0 amide bonds. The third-order valence-corrected chi connectivity index (χ3v) is 5.19. The van der Waals surface area contributed by atoms with Gasteiger partial charge < -0.3 is 10.2 Å². The Labute approximate surface area is 178 Å². The Morgan fingerprint density at radius 1 is 0.724 bits per heavy atom. The maximum atomic E-state index is 10.1. The number of allylic oxidation sites excluding steroid dienone is 8. The number of phenolic OH excluding ortho intramolecular Hbond substituents is 2. The molecule has 0 bridgehead atoms. The van der Waals surface area contributed by atoms with Crippen LogP contribution in [0, 0.1) is 6.92 Å². The molecule has 0 atom stereocenters. The second kappa shape index (κ2) is 13.1. The van der Waals surface area contributed by atoms with Gasteiger partial charge in [0.25, 0.3) is 0 Å². The quantitative estimate of drug-likeness (QED) is 0.293. The Balaban J connectivity index is 2.40. The number of hydrogen-bond donors (Lipinski definition) is 2. The molecule has 0 aliphatic carbocycles. The second-order valence-electron chi connectivity index (χ2n) is 8.52. The molecule has 1 aromatic carbocycles. The van der Waals surface area contributed by atoms with Gasteiger partial charge >= 0.3 is 0 Å². The van der Waals surface area contributed by atoms with E-state index in [0.29, 0.717) is 12.0 Å². The van der Waals surface area contributed by atoms with E-state index in [-0.39, 0.29) is 11.5 Å².